The van der Waals surface area contributed by atoms with Crippen molar-refractivity contribution in [3.8, 4) is 29.0 Å². The lowest BCUT2D eigenvalue weighted by Crippen LogP contribution is -2.52. The first-order valence-corrected chi connectivity index (χ1v) is 13.3. The Hall–Kier alpha value is -4.19. The largest absolute Gasteiger partial charge is 0.488 e. The summed E-state index contributed by atoms with van der Waals surface area (Å²) in [6.45, 7) is 5.81. The quantitative estimate of drug-likeness (QED) is 0.579. The van der Waals surface area contributed by atoms with Crippen LogP contribution >= 0.6 is 0 Å². The van der Waals surface area contributed by atoms with Gasteiger partial charge in [-0.05, 0) is 68.1 Å². The maximum atomic E-state index is 15.2. The number of nitrogens with one attached hydrogen (secondary N) is 1. The summed E-state index contributed by atoms with van der Waals surface area (Å²) in [5, 5.41) is 21.6. The first-order valence-electron chi connectivity index (χ1n) is 13.3. The molecule has 1 fully saturated rings. The van der Waals surface area contributed by atoms with Crippen LogP contribution in [-0.4, -0.2) is 67.6 Å². The molecule has 41 heavy (non-hydrogen) atoms. The molecule has 216 valence electrons. The molecular formula is C30H33FN4O6. The summed E-state index contributed by atoms with van der Waals surface area (Å²) in [6.07, 6.45) is -1.65. The van der Waals surface area contributed by atoms with Gasteiger partial charge in [-0.15, -0.1) is 0 Å². The summed E-state index contributed by atoms with van der Waals surface area (Å²) in [5.41, 5.74) is 2.05. The van der Waals surface area contributed by atoms with Crippen molar-refractivity contribution in [3.05, 3.63) is 52.8 Å². The van der Waals surface area contributed by atoms with Gasteiger partial charge in [-0.25, -0.2) is 9.18 Å². The Morgan fingerprint density at radius 3 is 2.68 bits per heavy atom. The molecule has 1 unspecified atom stereocenters. The molecule has 0 radical (unpaired) electrons. The third-order valence-electron chi connectivity index (χ3n) is 6.82. The molecule has 2 aromatic rings. The van der Waals surface area contributed by atoms with Gasteiger partial charge in [0.25, 0.3) is 5.91 Å². The fourth-order valence-electron chi connectivity index (χ4n) is 4.68. The molecule has 0 bridgehead atoms. The molecule has 2 aromatic carbocycles. The Kier molecular flexibility index (Phi) is 9.11. The zero-order valence-corrected chi connectivity index (χ0v) is 23.5. The Labute approximate surface area is 238 Å². The van der Waals surface area contributed by atoms with Gasteiger partial charge in [-0.2, -0.15) is 10.5 Å². The van der Waals surface area contributed by atoms with Crippen molar-refractivity contribution in [2.24, 2.45) is 0 Å². The molecule has 10 nitrogen and oxygen atoms in total. The van der Waals surface area contributed by atoms with Gasteiger partial charge in [0.1, 0.15) is 29.8 Å². The minimum absolute atomic E-state index is 0.0801. The molecule has 4 rings (SSSR count). The number of hydrogen-bond acceptors (Lipinski definition) is 8. The van der Waals surface area contributed by atoms with Gasteiger partial charge < -0.3 is 29.2 Å². The van der Waals surface area contributed by atoms with E-state index < -0.39 is 35.6 Å². The highest BCUT2D eigenvalue weighted by Crippen LogP contribution is 2.39. The van der Waals surface area contributed by atoms with Crippen molar-refractivity contribution >= 4 is 12.0 Å². The Morgan fingerprint density at radius 2 is 2.00 bits per heavy atom. The van der Waals surface area contributed by atoms with Crippen molar-refractivity contribution in [1.82, 2.24) is 10.2 Å². The predicted molar refractivity (Wildman–Crippen MR) is 145 cm³/mol. The molecule has 2 heterocycles. The monoisotopic (exact) mass is 564 g/mol. The highest BCUT2D eigenvalue weighted by atomic mass is 19.1. The molecule has 0 aliphatic carbocycles. The molecule has 0 spiro atoms. The highest BCUT2D eigenvalue weighted by Gasteiger charge is 2.33. The topological polar surface area (TPSA) is 134 Å². The highest BCUT2D eigenvalue weighted by molar-refractivity contribution is 5.82. The maximum absolute atomic E-state index is 15.2. The van der Waals surface area contributed by atoms with E-state index in [9.17, 15) is 14.9 Å². The van der Waals surface area contributed by atoms with Gasteiger partial charge in [0.05, 0.1) is 37.0 Å². The molecule has 11 heteroatoms. The maximum Gasteiger partial charge on any atom is 0.410 e. The standard InChI is InChI=1S/C30H33FN4O6/c1-30(2,3)41-29(37)35-8-7-22(38-4)17-40-27(15-35)28(36)34-21(14-33)10-19-11-26-24(12-25(19)31)23-6-5-18(13-32)9-20(23)16-39-26/h5-6,9,11-12,21-22,27H,7-8,10,15-17H2,1-4H3,(H,34,36)/t21?,22-,27+/m1/s1. The number of benzene rings is 2. The second-order valence-corrected chi connectivity index (χ2v) is 11.0. The predicted octanol–water partition coefficient (Wildman–Crippen LogP) is 3.85. The fraction of sp³-hybridized carbons (Fsp3) is 0.467. The lowest BCUT2D eigenvalue weighted by atomic mass is 9.93. The zero-order valence-electron chi connectivity index (χ0n) is 23.5. The van der Waals surface area contributed by atoms with Crippen LogP contribution in [0.15, 0.2) is 30.3 Å². The second-order valence-electron chi connectivity index (χ2n) is 11.0. The minimum atomic E-state index is -1.09. The number of amides is 2. The molecule has 1 saturated heterocycles. The lowest BCUT2D eigenvalue weighted by molar-refractivity contribution is -0.139. The second kappa shape index (κ2) is 12.5. The van der Waals surface area contributed by atoms with Crippen LogP contribution in [-0.2, 0) is 32.0 Å². The van der Waals surface area contributed by atoms with Crippen LogP contribution in [0.2, 0.25) is 0 Å². The number of carbonyl (C=O) groups is 2. The van der Waals surface area contributed by atoms with Crippen LogP contribution in [0.4, 0.5) is 9.18 Å². The van der Waals surface area contributed by atoms with E-state index in [0.717, 1.165) is 11.1 Å². The van der Waals surface area contributed by atoms with E-state index in [1.165, 1.54) is 24.1 Å². The normalized spacial score (nSPS) is 19.1. The number of carbonyl (C=O) groups excluding carboxylic acids is 2. The third-order valence-corrected chi connectivity index (χ3v) is 6.82. The van der Waals surface area contributed by atoms with Gasteiger partial charge in [0, 0.05) is 25.6 Å². The average Bonchev–Trinajstić information content (AvgIpc) is 2.91. The van der Waals surface area contributed by atoms with Crippen LogP contribution in [0.1, 0.15) is 43.9 Å². The van der Waals surface area contributed by atoms with Crippen LogP contribution in [0.25, 0.3) is 11.1 Å². The molecule has 2 aliphatic heterocycles. The summed E-state index contributed by atoms with van der Waals surface area (Å²) in [6, 6.07) is 11.0. The third kappa shape index (κ3) is 7.31. The van der Waals surface area contributed by atoms with Crippen LogP contribution in [0.5, 0.6) is 5.75 Å². The number of ether oxygens (including phenoxy) is 4. The Morgan fingerprint density at radius 1 is 1.22 bits per heavy atom. The Balaban J connectivity index is 1.48. The van der Waals surface area contributed by atoms with Crippen LogP contribution < -0.4 is 10.1 Å². The van der Waals surface area contributed by atoms with Crippen molar-refractivity contribution < 1.29 is 32.9 Å². The molecule has 0 aromatic heterocycles. The summed E-state index contributed by atoms with van der Waals surface area (Å²) in [7, 11) is 1.52. The number of nitrogens with zero attached hydrogens (tertiary/aromatic N) is 3. The molecular weight excluding hydrogens is 531 g/mol. The zero-order chi connectivity index (χ0) is 29.7. The molecule has 0 saturated carbocycles. The van der Waals surface area contributed by atoms with E-state index in [1.807, 2.05) is 6.07 Å². The van der Waals surface area contributed by atoms with Crippen molar-refractivity contribution in [2.75, 3.05) is 26.8 Å². The number of nitriles is 2. The summed E-state index contributed by atoms with van der Waals surface area (Å²) >= 11 is 0. The van der Waals surface area contributed by atoms with E-state index in [0.29, 0.717) is 29.8 Å². The SMILES string of the molecule is CO[C@@H]1CCN(C(=O)OC(C)(C)C)C[C@@H](C(=O)NC(C#N)Cc2cc3c(cc2F)-c2ccc(C#N)cc2CO3)OC1. The van der Waals surface area contributed by atoms with Crippen molar-refractivity contribution in [2.45, 2.75) is 64.1 Å². The summed E-state index contributed by atoms with van der Waals surface area (Å²) in [5.74, 6) is -0.720. The first-order chi connectivity index (χ1) is 19.5. The van der Waals surface area contributed by atoms with Crippen molar-refractivity contribution in [1.29, 1.82) is 10.5 Å². The molecule has 1 N–H and O–H groups in total. The van der Waals surface area contributed by atoms with E-state index in [4.69, 9.17) is 24.2 Å². The van der Waals surface area contributed by atoms with Crippen molar-refractivity contribution in [3.63, 3.8) is 0 Å². The average molecular weight is 565 g/mol. The van der Waals surface area contributed by atoms with Crippen LogP contribution in [0, 0.1) is 28.5 Å². The van der Waals surface area contributed by atoms with Gasteiger partial charge in [-0.1, -0.05) is 6.07 Å². The van der Waals surface area contributed by atoms with Gasteiger partial charge in [-0.3, -0.25) is 4.79 Å². The smallest absolute Gasteiger partial charge is 0.410 e. The van der Waals surface area contributed by atoms with E-state index >= 15 is 4.39 Å². The lowest BCUT2D eigenvalue weighted by Gasteiger charge is -2.33. The molecule has 2 amide bonds. The number of rotatable bonds is 5. The van der Waals surface area contributed by atoms with Crippen LogP contribution in [0.3, 0.4) is 0 Å². The number of fused-ring (bicyclic) bond motifs is 3. The fourth-order valence-corrected chi connectivity index (χ4v) is 4.68. The summed E-state index contributed by atoms with van der Waals surface area (Å²) in [4.78, 5) is 27.4. The number of halogens is 1. The van der Waals surface area contributed by atoms with E-state index in [-0.39, 0.29) is 37.8 Å². The molecule has 3 atom stereocenters. The summed E-state index contributed by atoms with van der Waals surface area (Å²) < 4.78 is 37.7. The minimum Gasteiger partial charge on any atom is -0.488 e. The van der Waals surface area contributed by atoms with Gasteiger partial charge in [0.15, 0.2) is 6.10 Å². The number of methoxy groups -OCH3 is 1. The van der Waals surface area contributed by atoms with Gasteiger partial charge >= 0.3 is 6.09 Å². The van der Waals surface area contributed by atoms with E-state index in [2.05, 4.69) is 11.4 Å². The Bertz CT molecular complexity index is 1390. The first kappa shape index (κ1) is 29.8. The van der Waals surface area contributed by atoms with E-state index in [1.54, 1.807) is 39.0 Å². The van der Waals surface area contributed by atoms with Gasteiger partial charge in [0.2, 0.25) is 0 Å². The molecule has 2 aliphatic rings. The number of hydrogen-bond donors (Lipinski definition) is 1.